The average Bonchev–Trinajstić information content (AvgIpc) is 2.98. The quantitative estimate of drug-likeness (QED) is 0.730. The summed E-state index contributed by atoms with van der Waals surface area (Å²) in [6.07, 6.45) is 6.92. The monoisotopic (exact) mass is 261 g/mol. The van der Waals surface area contributed by atoms with Crippen LogP contribution in [0.4, 0.5) is 0 Å². The number of nitrogens with zero attached hydrogens (tertiary/aromatic N) is 1. The first-order chi connectivity index (χ1) is 8.97. The molecule has 3 aliphatic rings. The lowest BCUT2D eigenvalue weighted by atomic mass is 10.1. The van der Waals surface area contributed by atoms with Crippen molar-refractivity contribution in [2.75, 3.05) is 20.1 Å². The van der Waals surface area contributed by atoms with Crippen molar-refractivity contribution in [2.45, 2.75) is 6.42 Å². The van der Waals surface area contributed by atoms with Gasteiger partial charge in [0.1, 0.15) is 0 Å². The molecule has 100 valence electrons. The van der Waals surface area contributed by atoms with Crippen LogP contribution in [0.2, 0.25) is 0 Å². The van der Waals surface area contributed by atoms with Gasteiger partial charge in [0.25, 0.3) is 0 Å². The van der Waals surface area contributed by atoms with Crippen molar-refractivity contribution in [1.82, 2.24) is 4.90 Å². The number of rotatable bonds is 2. The van der Waals surface area contributed by atoms with Gasteiger partial charge in [0.05, 0.1) is 0 Å². The Morgan fingerprint density at radius 1 is 1.05 bits per heavy atom. The molecular formula is C14H15NO4. The molecule has 2 bridgehead atoms. The summed E-state index contributed by atoms with van der Waals surface area (Å²) in [7, 11) is 2.19. The zero-order chi connectivity index (χ0) is 14.0. The first kappa shape index (κ1) is 13.3. The maximum atomic E-state index is 9.55. The lowest BCUT2D eigenvalue weighted by molar-refractivity contribution is -0.134. The second kappa shape index (κ2) is 5.24. The van der Waals surface area contributed by atoms with Crippen molar-refractivity contribution in [3.63, 3.8) is 0 Å². The molecule has 0 unspecified atom stereocenters. The molecule has 0 spiro atoms. The molecule has 2 N–H and O–H groups in total. The summed E-state index contributed by atoms with van der Waals surface area (Å²) in [4.78, 5) is 21.5. The molecule has 1 aliphatic heterocycles. The van der Waals surface area contributed by atoms with Gasteiger partial charge in [-0.05, 0) is 35.8 Å². The SMILES string of the molecule is CN1CC2=C3C=CC(=C2C1)C3.O=C(O)C=CC(=O)O. The van der Waals surface area contributed by atoms with E-state index < -0.39 is 11.9 Å². The molecule has 1 heterocycles. The van der Waals surface area contributed by atoms with Crippen LogP contribution >= 0.6 is 0 Å². The fraction of sp³-hybridized carbons (Fsp3) is 0.286. The van der Waals surface area contributed by atoms with Crippen molar-refractivity contribution in [3.8, 4) is 0 Å². The molecule has 1 fully saturated rings. The van der Waals surface area contributed by atoms with E-state index in [2.05, 4.69) is 24.1 Å². The van der Waals surface area contributed by atoms with Gasteiger partial charge in [-0.15, -0.1) is 0 Å². The summed E-state index contributed by atoms with van der Waals surface area (Å²) in [5.74, 6) is -2.51. The van der Waals surface area contributed by atoms with Crippen LogP contribution in [0.1, 0.15) is 6.42 Å². The van der Waals surface area contributed by atoms with Crippen LogP contribution in [-0.4, -0.2) is 47.2 Å². The van der Waals surface area contributed by atoms with Crippen molar-refractivity contribution in [3.05, 3.63) is 46.6 Å². The number of carbonyl (C=O) groups is 2. The summed E-state index contributed by atoms with van der Waals surface area (Å²) in [6.45, 7) is 2.36. The number of carboxylic acids is 2. The summed E-state index contributed by atoms with van der Waals surface area (Å²) < 4.78 is 0. The van der Waals surface area contributed by atoms with Gasteiger partial charge in [-0.2, -0.15) is 0 Å². The fourth-order valence-electron chi connectivity index (χ4n) is 2.46. The van der Waals surface area contributed by atoms with Crippen LogP contribution in [0.25, 0.3) is 0 Å². The Kier molecular flexibility index (Phi) is 3.66. The highest BCUT2D eigenvalue weighted by Gasteiger charge is 2.30. The van der Waals surface area contributed by atoms with E-state index in [9.17, 15) is 9.59 Å². The molecule has 3 rings (SSSR count). The third-order valence-corrected chi connectivity index (χ3v) is 3.23. The van der Waals surface area contributed by atoms with E-state index in [0.717, 1.165) is 0 Å². The molecular weight excluding hydrogens is 246 g/mol. The van der Waals surface area contributed by atoms with Crippen molar-refractivity contribution in [2.24, 2.45) is 0 Å². The van der Waals surface area contributed by atoms with Crippen molar-refractivity contribution in [1.29, 1.82) is 0 Å². The van der Waals surface area contributed by atoms with Gasteiger partial charge in [0, 0.05) is 25.2 Å². The highest BCUT2D eigenvalue weighted by atomic mass is 16.4. The number of likely N-dealkylation sites (N-methyl/N-ethyl adjacent to an activating group) is 1. The topological polar surface area (TPSA) is 77.8 Å². The van der Waals surface area contributed by atoms with Gasteiger partial charge in [0.2, 0.25) is 0 Å². The zero-order valence-corrected chi connectivity index (χ0v) is 10.6. The minimum atomic E-state index is -1.26. The Balaban J connectivity index is 0.000000151. The maximum absolute atomic E-state index is 9.55. The molecule has 0 aromatic carbocycles. The highest BCUT2D eigenvalue weighted by molar-refractivity contribution is 5.89. The number of likely N-dealkylation sites (tertiary alicyclic amines) is 1. The lowest BCUT2D eigenvalue weighted by Gasteiger charge is -2.03. The molecule has 5 nitrogen and oxygen atoms in total. The minimum Gasteiger partial charge on any atom is -0.478 e. The van der Waals surface area contributed by atoms with E-state index in [1.165, 1.54) is 19.5 Å². The Labute approximate surface area is 110 Å². The molecule has 2 aliphatic carbocycles. The third-order valence-electron chi connectivity index (χ3n) is 3.23. The fourth-order valence-corrected chi connectivity index (χ4v) is 2.46. The summed E-state index contributed by atoms with van der Waals surface area (Å²) >= 11 is 0. The predicted octanol–water partition coefficient (Wildman–Crippen LogP) is 1.21. The number of allylic oxidation sites excluding steroid dienone is 4. The van der Waals surface area contributed by atoms with Gasteiger partial charge in [0.15, 0.2) is 0 Å². The predicted molar refractivity (Wildman–Crippen MR) is 69.7 cm³/mol. The molecule has 5 heteroatoms. The molecule has 0 aromatic heterocycles. The highest BCUT2D eigenvalue weighted by Crippen LogP contribution is 2.42. The standard InChI is InChI=1S/C10H11N.C4H4O4/c1-11-5-9-7-2-3-8(4-7)10(9)6-11;5-3(6)1-2-4(7)8/h2-3H,4-6H2,1H3;1-2H,(H,5,6)(H,7,8). The zero-order valence-electron chi connectivity index (χ0n) is 10.6. The maximum Gasteiger partial charge on any atom is 0.328 e. The molecule has 0 aromatic rings. The largest absolute Gasteiger partial charge is 0.478 e. The Morgan fingerprint density at radius 2 is 1.47 bits per heavy atom. The number of hydrogen-bond acceptors (Lipinski definition) is 3. The van der Waals surface area contributed by atoms with Gasteiger partial charge in [-0.3, -0.25) is 4.90 Å². The normalized spacial score (nSPS) is 20.1. The van der Waals surface area contributed by atoms with Gasteiger partial charge < -0.3 is 10.2 Å². The molecule has 19 heavy (non-hydrogen) atoms. The van der Waals surface area contributed by atoms with E-state index in [1.807, 2.05) is 0 Å². The van der Waals surface area contributed by atoms with E-state index in [-0.39, 0.29) is 0 Å². The average molecular weight is 261 g/mol. The van der Waals surface area contributed by atoms with Gasteiger partial charge in [-0.1, -0.05) is 12.2 Å². The van der Waals surface area contributed by atoms with Crippen LogP contribution < -0.4 is 0 Å². The number of hydrogen-bond donors (Lipinski definition) is 2. The van der Waals surface area contributed by atoms with Crippen LogP contribution in [0, 0.1) is 0 Å². The smallest absolute Gasteiger partial charge is 0.328 e. The van der Waals surface area contributed by atoms with Gasteiger partial charge in [-0.25, -0.2) is 9.59 Å². The first-order valence-electron chi connectivity index (χ1n) is 5.92. The second-order valence-corrected chi connectivity index (χ2v) is 4.70. The van der Waals surface area contributed by atoms with Crippen molar-refractivity contribution >= 4 is 11.9 Å². The summed E-state index contributed by atoms with van der Waals surface area (Å²) in [6, 6.07) is 0. The van der Waals surface area contributed by atoms with Gasteiger partial charge >= 0.3 is 11.9 Å². The second-order valence-electron chi connectivity index (χ2n) is 4.70. The summed E-state index contributed by atoms with van der Waals surface area (Å²) in [5, 5.41) is 15.6. The lowest BCUT2D eigenvalue weighted by Crippen LogP contribution is -2.12. The third kappa shape index (κ3) is 3.00. The van der Waals surface area contributed by atoms with Crippen LogP contribution in [0.5, 0.6) is 0 Å². The Morgan fingerprint density at radius 3 is 1.84 bits per heavy atom. The van der Waals surface area contributed by atoms with Crippen LogP contribution in [0.15, 0.2) is 46.6 Å². The van der Waals surface area contributed by atoms with Crippen LogP contribution in [0.3, 0.4) is 0 Å². The van der Waals surface area contributed by atoms with E-state index >= 15 is 0 Å². The Bertz CT molecular complexity index is 506. The molecule has 1 saturated heterocycles. The van der Waals surface area contributed by atoms with Crippen molar-refractivity contribution < 1.29 is 19.8 Å². The molecule has 0 radical (unpaired) electrons. The molecule has 0 atom stereocenters. The molecule has 0 saturated carbocycles. The van der Waals surface area contributed by atoms with E-state index in [4.69, 9.17) is 10.2 Å². The minimum absolute atomic E-state index is 0.558. The first-order valence-corrected chi connectivity index (χ1v) is 5.92. The number of carboxylic acid groups (broad SMARTS) is 2. The Hall–Kier alpha value is -2.14. The van der Waals surface area contributed by atoms with E-state index in [0.29, 0.717) is 12.2 Å². The van der Waals surface area contributed by atoms with E-state index in [1.54, 1.807) is 22.3 Å². The number of fused-ring (bicyclic) bond motifs is 3. The number of aliphatic carboxylic acids is 2. The van der Waals surface area contributed by atoms with Crippen LogP contribution in [-0.2, 0) is 9.59 Å². The summed E-state index contributed by atoms with van der Waals surface area (Å²) in [5.41, 5.74) is 6.42. The molecule has 0 amide bonds.